The lowest BCUT2D eigenvalue weighted by Crippen LogP contribution is -2.30. The summed E-state index contributed by atoms with van der Waals surface area (Å²) < 4.78 is 54.4. The number of rotatable bonds is 11. The van der Waals surface area contributed by atoms with E-state index in [-0.39, 0.29) is 53.9 Å². The summed E-state index contributed by atoms with van der Waals surface area (Å²) in [6.07, 6.45) is -6.88. The molecular weight excluding hydrogens is 769 g/mol. The summed E-state index contributed by atoms with van der Waals surface area (Å²) in [7, 11) is 3.94. The van der Waals surface area contributed by atoms with Crippen molar-refractivity contribution in [3.8, 4) is 23.0 Å². The van der Waals surface area contributed by atoms with E-state index in [1.165, 1.54) is 6.07 Å². The van der Waals surface area contributed by atoms with Crippen LogP contribution in [0.3, 0.4) is 0 Å². The molecule has 0 radical (unpaired) electrons. The van der Waals surface area contributed by atoms with Gasteiger partial charge in [-0.25, -0.2) is 9.59 Å². The number of carboxylic acid groups (broad SMARTS) is 2. The number of aromatic nitrogens is 1. The zero-order valence-electron chi connectivity index (χ0n) is 29.5. The molecule has 56 heavy (non-hydrogen) atoms. The minimum Gasteiger partial charge on any atom is -0.492 e. The van der Waals surface area contributed by atoms with Crippen molar-refractivity contribution in [2.24, 2.45) is 0 Å². The maximum Gasteiger partial charge on any atom is 0.490 e. The van der Waals surface area contributed by atoms with Crippen LogP contribution in [0, 0.1) is 10.1 Å². The molecule has 0 spiro atoms. The van der Waals surface area contributed by atoms with Gasteiger partial charge in [-0.3, -0.25) is 14.9 Å². The van der Waals surface area contributed by atoms with E-state index in [4.69, 9.17) is 40.4 Å². The molecule has 0 saturated carbocycles. The summed E-state index contributed by atoms with van der Waals surface area (Å²) in [4.78, 5) is 53.9. The zero-order valence-corrected chi connectivity index (χ0v) is 30.2. The van der Waals surface area contributed by atoms with Gasteiger partial charge in [-0.15, -0.1) is 11.6 Å². The van der Waals surface area contributed by atoms with E-state index >= 15 is 0 Å². The van der Waals surface area contributed by atoms with Crippen LogP contribution < -0.4 is 23.8 Å². The number of carboxylic acids is 2. The first-order valence-electron chi connectivity index (χ1n) is 16.7. The van der Waals surface area contributed by atoms with Crippen LogP contribution in [0.15, 0.2) is 66.7 Å². The van der Waals surface area contributed by atoms with Gasteiger partial charge in [-0.1, -0.05) is 24.3 Å². The molecule has 19 heteroatoms. The normalized spacial score (nSPS) is 15.0. The molecule has 2 aliphatic heterocycles. The molecule has 5 aromatic rings. The number of carbonyl (C=O) groups is 3. The van der Waals surface area contributed by atoms with Crippen LogP contribution >= 0.6 is 11.6 Å². The summed E-state index contributed by atoms with van der Waals surface area (Å²) in [6.45, 7) is 1.39. The summed E-state index contributed by atoms with van der Waals surface area (Å²) in [5.41, 5.74) is 1.71. The fourth-order valence-corrected chi connectivity index (χ4v) is 6.58. The standard InChI is InChI=1S/C35H31ClN4O9.C2HF3O2/c1-38(2)9-10-46-21-7-8-25-19(11-21)12-26(37-25)34(41)39-17-20(16-36)32-23-6-4-3-5-22(23)29(15-28(32)39)49-33(35(42)43)24-13-30-31(48-18-47-30)14-27(24)40(44)45;3-2(4,5)1(6)7/h3-8,11-15,20,33,37H,9-10,16-18H2,1-2H3,(H,42,43);(H,6,7)/t20-,33?;/m1./s1. The second-order valence-electron chi connectivity index (χ2n) is 12.9. The molecule has 0 fully saturated rings. The highest BCUT2D eigenvalue weighted by atomic mass is 35.5. The van der Waals surface area contributed by atoms with Crippen molar-refractivity contribution >= 4 is 62.5 Å². The molecule has 3 heterocycles. The molecule has 1 aromatic heterocycles. The Labute approximate surface area is 319 Å². The van der Waals surface area contributed by atoms with E-state index in [9.17, 15) is 38.0 Å². The smallest absolute Gasteiger partial charge is 0.490 e. The SMILES string of the molecule is CN(C)CCOc1ccc2[nH]c(C(=O)N3C[C@@H](CCl)c4c3cc(OC(C(=O)O)c3cc5c(cc3[N+](=O)[O-])OCO5)c3ccccc43)cc2c1.O=C(O)C(F)(F)F. The van der Waals surface area contributed by atoms with Crippen LogP contribution in [0.1, 0.15) is 33.6 Å². The van der Waals surface area contributed by atoms with Crippen LogP contribution in [0.25, 0.3) is 21.7 Å². The third kappa shape index (κ3) is 8.06. The lowest BCUT2D eigenvalue weighted by Gasteiger charge is -2.21. The van der Waals surface area contributed by atoms with Gasteiger partial charge in [0, 0.05) is 47.2 Å². The van der Waals surface area contributed by atoms with Crippen LogP contribution in [0.2, 0.25) is 0 Å². The van der Waals surface area contributed by atoms with Crippen LogP contribution in [-0.4, -0.2) is 95.5 Å². The quantitative estimate of drug-likeness (QED) is 0.0727. The highest BCUT2D eigenvalue weighted by molar-refractivity contribution is 6.19. The first-order valence-corrected chi connectivity index (χ1v) is 17.2. The van der Waals surface area contributed by atoms with Crippen molar-refractivity contribution in [3.05, 3.63) is 93.7 Å². The highest BCUT2D eigenvalue weighted by Gasteiger charge is 2.39. The van der Waals surface area contributed by atoms with Gasteiger partial charge in [0.2, 0.25) is 12.9 Å². The predicted octanol–water partition coefficient (Wildman–Crippen LogP) is 6.72. The van der Waals surface area contributed by atoms with Crippen molar-refractivity contribution in [2.75, 3.05) is 51.4 Å². The number of nitrogens with one attached hydrogen (secondary N) is 1. The van der Waals surface area contributed by atoms with Crippen LogP contribution in [0.5, 0.6) is 23.0 Å². The molecule has 15 nitrogen and oxygen atoms in total. The van der Waals surface area contributed by atoms with Crippen molar-refractivity contribution in [1.29, 1.82) is 0 Å². The fourth-order valence-electron chi connectivity index (χ4n) is 6.32. The van der Waals surface area contributed by atoms with Gasteiger partial charge in [-0.05, 0) is 55.4 Å². The number of amides is 1. The van der Waals surface area contributed by atoms with Gasteiger partial charge >= 0.3 is 18.1 Å². The maximum absolute atomic E-state index is 14.2. The second kappa shape index (κ2) is 15.8. The Morgan fingerprint density at radius 2 is 1.73 bits per heavy atom. The van der Waals surface area contributed by atoms with Crippen molar-refractivity contribution in [3.63, 3.8) is 0 Å². The molecule has 2 atom stereocenters. The lowest BCUT2D eigenvalue weighted by molar-refractivity contribution is -0.386. The van der Waals surface area contributed by atoms with E-state index in [1.807, 2.05) is 49.3 Å². The minimum absolute atomic E-state index is 0.123. The molecule has 3 N–H and O–H groups in total. The van der Waals surface area contributed by atoms with Crippen LogP contribution in [0.4, 0.5) is 24.5 Å². The number of halogens is 4. The third-order valence-corrected chi connectivity index (χ3v) is 9.27. The fraction of sp³-hybridized carbons (Fsp3) is 0.270. The van der Waals surface area contributed by atoms with Gasteiger partial charge in [0.25, 0.3) is 11.6 Å². The van der Waals surface area contributed by atoms with Crippen LogP contribution in [-0.2, 0) is 9.59 Å². The molecule has 1 unspecified atom stereocenters. The number of hydrogen-bond donors (Lipinski definition) is 3. The van der Waals surface area contributed by atoms with E-state index in [1.54, 1.807) is 29.2 Å². The van der Waals surface area contributed by atoms with Gasteiger partial charge in [-0.2, -0.15) is 13.2 Å². The number of hydrogen-bond acceptors (Lipinski definition) is 10. The van der Waals surface area contributed by atoms with Gasteiger partial charge in [0.05, 0.1) is 22.2 Å². The number of anilines is 1. The maximum atomic E-state index is 14.2. The summed E-state index contributed by atoms with van der Waals surface area (Å²) in [5, 5.41) is 31.6. The molecule has 4 aromatic carbocycles. The highest BCUT2D eigenvalue weighted by Crippen LogP contribution is 2.48. The average Bonchev–Trinajstić information content (AvgIpc) is 3.89. The van der Waals surface area contributed by atoms with Gasteiger partial charge in [0.15, 0.2) is 11.5 Å². The number of aromatic amines is 1. The molecule has 7 rings (SSSR count). The molecule has 2 aliphatic rings. The number of nitrogens with zero attached hydrogens (tertiary/aromatic N) is 3. The van der Waals surface area contributed by atoms with Gasteiger partial charge in [0.1, 0.15) is 23.8 Å². The largest absolute Gasteiger partial charge is 0.492 e. The second-order valence-corrected chi connectivity index (χ2v) is 13.2. The van der Waals surface area contributed by atoms with Crippen molar-refractivity contribution in [1.82, 2.24) is 9.88 Å². The lowest BCUT2D eigenvalue weighted by atomic mass is 9.95. The average molecular weight is 801 g/mol. The van der Waals surface area contributed by atoms with Gasteiger partial charge < -0.3 is 43.9 Å². The molecule has 294 valence electrons. The van der Waals surface area contributed by atoms with E-state index < -0.39 is 34.8 Å². The number of benzene rings is 4. The Morgan fingerprint density at radius 1 is 1.05 bits per heavy atom. The number of nitro benzene ring substituents is 1. The van der Waals surface area contributed by atoms with E-state index in [0.717, 1.165) is 34.5 Å². The molecule has 0 saturated heterocycles. The number of H-pyrrole nitrogens is 1. The number of aliphatic carboxylic acids is 2. The molecule has 0 aliphatic carbocycles. The van der Waals surface area contributed by atoms with E-state index in [2.05, 4.69) is 4.98 Å². The minimum atomic E-state index is -5.08. The Bertz CT molecular complexity index is 2350. The number of alkyl halides is 4. The summed E-state index contributed by atoms with van der Waals surface area (Å²) >= 11 is 6.48. The number of likely N-dealkylation sites (N-methyl/N-ethyl adjacent to an activating group) is 1. The number of ether oxygens (including phenoxy) is 4. The van der Waals surface area contributed by atoms with Crippen molar-refractivity contribution < 1.29 is 61.6 Å². The Kier molecular flexibility index (Phi) is 11.1. The number of carbonyl (C=O) groups excluding carboxylic acids is 1. The number of nitro groups is 1. The summed E-state index contributed by atoms with van der Waals surface area (Å²) in [5.74, 6) is -3.43. The Morgan fingerprint density at radius 3 is 2.36 bits per heavy atom. The molecule has 1 amide bonds. The van der Waals surface area contributed by atoms with Crippen molar-refractivity contribution in [2.45, 2.75) is 18.2 Å². The first-order chi connectivity index (χ1) is 26.6. The Hall–Kier alpha value is -6.27. The third-order valence-electron chi connectivity index (χ3n) is 8.90. The molecule has 0 bridgehead atoms. The monoisotopic (exact) mass is 800 g/mol. The first kappa shape index (κ1) is 39.4. The topological polar surface area (TPSA) is 194 Å². The Balaban J connectivity index is 0.000000695. The van der Waals surface area contributed by atoms with E-state index in [0.29, 0.717) is 29.1 Å². The predicted molar refractivity (Wildman–Crippen MR) is 195 cm³/mol. The number of fused-ring (bicyclic) bond motifs is 5. The summed E-state index contributed by atoms with van der Waals surface area (Å²) in [6, 6.07) is 18.6. The zero-order chi connectivity index (χ0) is 40.5. The molecular formula is C37H32ClF3N4O11.